The SMILES string of the molecule is CC(=O)OC1Cc2cc(O)c(C#N)cc2C2CC[C@]3(C)C(=O)CCC3C12. The third-order valence-corrected chi connectivity index (χ3v) is 6.99. The first kappa shape index (κ1) is 17.1. The van der Waals surface area contributed by atoms with Crippen LogP contribution in [0.5, 0.6) is 5.75 Å². The minimum absolute atomic E-state index is 0.0250. The summed E-state index contributed by atoms with van der Waals surface area (Å²) in [6, 6.07) is 5.50. The first-order chi connectivity index (χ1) is 12.3. The van der Waals surface area contributed by atoms with Crippen molar-refractivity contribution in [2.45, 2.75) is 58.0 Å². The fourth-order valence-electron chi connectivity index (χ4n) is 5.79. The zero-order valence-electron chi connectivity index (χ0n) is 15.1. The van der Waals surface area contributed by atoms with Crippen LogP contribution in [0.4, 0.5) is 0 Å². The minimum Gasteiger partial charge on any atom is -0.507 e. The number of aromatic hydroxyl groups is 1. The van der Waals surface area contributed by atoms with Crippen LogP contribution in [0.2, 0.25) is 0 Å². The van der Waals surface area contributed by atoms with Crippen molar-refractivity contribution < 1.29 is 19.4 Å². The molecule has 1 N–H and O–H groups in total. The second-order valence-electron chi connectivity index (χ2n) is 8.24. The van der Waals surface area contributed by atoms with Crippen molar-refractivity contribution in [1.29, 1.82) is 5.26 Å². The van der Waals surface area contributed by atoms with Crippen LogP contribution in [0.3, 0.4) is 0 Å². The highest BCUT2D eigenvalue weighted by Crippen LogP contribution is 2.60. The summed E-state index contributed by atoms with van der Waals surface area (Å²) in [7, 11) is 0. The van der Waals surface area contributed by atoms with Crippen LogP contribution < -0.4 is 0 Å². The number of esters is 1. The molecule has 1 aromatic rings. The van der Waals surface area contributed by atoms with E-state index < -0.39 is 0 Å². The molecule has 4 rings (SSSR count). The number of carbonyl (C=O) groups is 2. The fourth-order valence-corrected chi connectivity index (χ4v) is 5.79. The molecule has 2 fully saturated rings. The number of phenols is 1. The largest absolute Gasteiger partial charge is 0.507 e. The van der Waals surface area contributed by atoms with Crippen LogP contribution in [-0.2, 0) is 20.7 Å². The van der Waals surface area contributed by atoms with Crippen molar-refractivity contribution in [3.05, 3.63) is 28.8 Å². The van der Waals surface area contributed by atoms with Gasteiger partial charge in [-0.1, -0.05) is 6.92 Å². The molecule has 5 atom stereocenters. The van der Waals surface area contributed by atoms with E-state index in [2.05, 4.69) is 13.0 Å². The molecule has 0 spiro atoms. The maximum Gasteiger partial charge on any atom is 0.302 e. The summed E-state index contributed by atoms with van der Waals surface area (Å²) in [5.74, 6) is 0.435. The molecule has 0 aliphatic heterocycles. The molecule has 0 aromatic heterocycles. The van der Waals surface area contributed by atoms with Gasteiger partial charge in [0.1, 0.15) is 23.7 Å². The zero-order valence-corrected chi connectivity index (χ0v) is 15.1. The molecular weight excluding hydrogens is 330 g/mol. The molecule has 5 heteroatoms. The van der Waals surface area contributed by atoms with Crippen molar-refractivity contribution in [3.63, 3.8) is 0 Å². The highest BCUT2D eigenvalue weighted by Gasteiger charge is 2.57. The Morgan fingerprint density at radius 2 is 2.15 bits per heavy atom. The van der Waals surface area contributed by atoms with Gasteiger partial charge in [0.25, 0.3) is 0 Å². The van der Waals surface area contributed by atoms with Gasteiger partial charge in [-0.15, -0.1) is 0 Å². The Hall–Kier alpha value is -2.35. The monoisotopic (exact) mass is 353 g/mol. The van der Waals surface area contributed by atoms with Gasteiger partial charge in [0.15, 0.2) is 0 Å². The van der Waals surface area contributed by atoms with Crippen LogP contribution >= 0.6 is 0 Å². The topological polar surface area (TPSA) is 87.4 Å². The Kier molecular flexibility index (Phi) is 3.83. The fraction of sp³-hybridized carbons (Fsp3) is 0.571. The highest BCUT2D eigenvalue weighted by atomic mass is 16.5. The lowest BCUT2D eigenvalue weighted by Gasteiger charge is -2.50. The van der Waals surface area contributed by atoms with Crippen molar-refractivity contribution in [3.8, 4) is 11.8 Å². The Bertz CT molecular complexity index is 839. The van der Waals surface area contributed by atoms with Gasteiger partial charge in [-0.3, -0.25) is 9.59 Å². The minimum atomic E-state index is -0.327. The molecule has 3 aliphatic rings. The van der Waals surface area contributed by atoms with E-state index in [0.29, 0.717) is 18.6 Å². The summed E-state index contributed by atoms with van der Waals surface area (Å²) in [6.45, 7) is 3.49. The lowest BCUT2D eigenvalue weighted by molar-refractivity contribution is -0.155. The average Bonchev–Trinajstić information content (AvgIpc) is 2.89. The summed E-state index contributed by atoms with van der Waals surface area (Å²) >= 11 is 0. The predicted octanol–water partition coefficient (Wildman–Crippen LogP) is 3.23. The quantitative estimate of drug-likeness (QED) is 0.783. The Morgan fingerprint density at radius 3 is 2.85 bits per heavy atom. The maximum atomic E-state index is 12.5. The predicted molar refractivity (Wildman–Crippen MR) is 93.4 cm³/mol. The zero-order chi connectivity index (χ0) is 18.6. The summed E-state index contributed by atoms with van der Waals surface area (Å²) in [4.78, 5) is 24.3. The number of hydrogen-bond donors (Lipinski definition) is 1. The summed E-state index contributed by atoms with van der Waals surface area (Å²) in [6.07, 6.45) is 3.34. The van der Waals surface area contributed by atoms with Crippen LogP contribution in [0, 0.1) is 28.6 Å². The molecule has 4 unspecified atom stereocenters. The van der Waals surface area contributed by atoms with Crippen LogP contribution in [0.1, 0.15) is 62.1 Å². The van der Waals surface area contributed by atoms with Crippen molar-refractivity contribution in [2.24, 2.45) is 17.3 Å². The van der Waals surface area contributed by atoms with E-state index in [9.17, 15) is 20.0 Å². The van der Waals surface area contributed by atoms with Gasteiger partial charge in [0, 0.05) is 31.1 Å². The number of nitriles is 1. The molecule has 1 aromatic carbocycles. The number of Topliss-reactive ketones (excluding diaryl/α,β-unsaturated/α-hetero) is 1. The Labute approximate surface area is 153 Å². The third kappa shape index (κ3) is 2.35. The number of rotatable bonds is 1. The first-order valence-corrected chi connectivity index (χ1v) is 9.31. The average molecular weight is 353 g/mol. The van der Waals surface area contributed by atoms with Gasteiger partial charge < -0.3 is 9.84 Å². The van der Waals surface area contributed by atoms with E-state index in [0.717, 1.165) is 30.4 Å². The normalized spacial score (nSPS) is 35.0. The molecule has 0 amide bonds. The molecule has 2 saturated carbocycles. The number of phenolic OH excluding ortho intramolecular Hbond substituents is 1. The second-order valence-corrected chi connectivity index (χ2v) is 8.24. The van der Waals surface area contributed by atoms with Gasteiger partial charge in [-0.05, 0) is 54.4 Å². The van der Waals surface area contributed by atoms with E-state index >= 15 is 0 Å². The number of nitrogens with zero attached hydrogens (tertiary/aromatic N) is 1. The molecule has 5 nitrogen and oxygen atoms in total. The second kappa shape index (κ2) is 5.84. The first-order valence-electron chi connectivity index (χ1n) is 9.31. The highest BCUT2D eigenvalue weighted by molar-refractivity contribution is 5.87. The molecule has 0 saturated heterocycles. The molecule has 26 heavy (non-hydrogen) atoms. The van der Waals surface area contributed by atoms with E-state index in [-0.39, 0.29) is 46.6 Å². The van der Waals surface area contributed by atoms with Gasteiger partial charge in [-0.2, -0.15) is 5.26 Å². The van der Waals surface area contributed by atoms with E-state index in [1.54, 1.807) is 12.1 Å². The summed E-state index contributed by atoms with van der Waals surface area (Å²) in [5, 5.41) is 19.4. The third-order valence-electron chi connectivity index (χ3n) is 6.99. The number of benzene rings is 1. The standard InChI is InChI=1S/C21H23NO4/c1-11(23)26-18-9-12-8-17(24)13(10-22)7-15(12)14-5-6-21(2)16(20(14)18)3-4-19(21)25/h7-8,14,16,18,20,24H,3-6,9H2,1-2H3/t14?,16?,18?,20?,21-/m0/s1. The number of hydrogen-bond acceptors (Lipinski definition) is 5. The smallest absolute Gasteiger partial charge is 0.302 e. The van der Waals surface area contributed by atoms with Crippen LogP contribution in [-0.4, -0.2) is 23.0 Å². The lowest BCUT2D eigenvalue weighted by atomic mass is 9.54. The van der Waals surface area contributed by atoms with Gasteiger partial charge in [0.2, 0.25) is 0 Å². The van der Waals surface area contributed by atoms with Crippen LogP contribution in [0.25, 0.3) is 0 Å². The van der Waals surface area contributed by atoms with Crippen molar-refractivity contribution in [1.82, 2.24) is 0 Å². The Morgan fingerprint density at radius 1 is 1.38 bits per heavy atom. The molecule has 0 bridgehead atoms. The number of carbonyl (C=O) groups excluding carboxylic acids is 2. The number of fused-ring (bicyclic) bond motifs is 5. The molecular formula is C21H23NO4. The van der Waals surface area contributed by atoms with Crippen LogP contribution in [0.15, 0.2) is 12.1 Å². The van der Waals surface area contributed by atoms with Gasteiger partial charge in [-0.25, -0.2) is 0 Å². The van der Waals surface area contributed by atoms with Gasteiger partial charge >= 0.3 is 5.97 Å². The van der Waals surface area contributed by atoms with E-state index in [4.69, 9.17) is 4.74 Å². The maximum absolute atomic E-state index is 12.5. The Balaban J connectivity index is 1.82. The van der Waals surface area contributed by atoms with E-state index in [1.165, 1.54) is 6.92 Å². The molecule has 0 heterocycles. The number of ketones is 1. The van der Waals surface area contributed by atoms with Gasteiger partial charge in [0.05, 0.1) is 5.56 Å². The van der Waals surface area contributed by atoms with Crippen molar-refractivity contribution >= 4 is 11.8 Å². The molecule has 3 aliphatic carbocycles. The van der Waals surface area contributed by atoms with Crippen molar-refractivity contribution in [2.75, 3.05) is 0 Å². The summed E-state index contributed by atoms with van der Waals surface area (Å²) in [5.41, 5.74) is 1.98. The molecule has 136 valence electrons. The summed E-state index contributed by atoms with van der Waals surface area (Å²) < 4.78 is 5.71. The molecule has 0 radical (unpaired) electrons. The number of ether oxygens (including phenoxy) is 1. The lowest BCUT2D eigenvalue weighted by Crippen LogP contribution is -2.49. The van der Waals surface area contributed by atoms with E-state index in [1.807, 2.05) is 0 Å².